The summed E-state index contributed by atoms with van der Waals surface area (Å²) in [4.78, 5) is 26.9. The van der Waals surface area contributed by atoms with Crippen LogP contribution in [0.4, 0.5) is 24.5 Å². The van der Waals surface area contributed by atoms with Crippen LogP contribution in [0.3, 0.4) is 0 Å². The van der Waals surface area contributed by atoms with Gasteiger partial charge in [-0.05, 0) is 74.4 Å². The highest BCUT2D eigenvalue weighted by atomic mass is 32.2. The van der Waals surface area contributed by atoms with E-state index < -0.39 is 17.6 Å². The van der Waals surface area contributed by atoms with Crippen LogP contribution in [-0.2, 0) is 15.8 Å². The molecule has 1 heterocycles. The monoisotopic (exact) mass is 586 g/mol. The van der Waals surface area contributed by atoms with E-state index in [0.717, 1.165) is 39.9 Å². The van der Waals surface area contributed by atoms with Crippen molar-refractivity contribution in [3.63, 3.8) is 0 Å². The lowest BCUT2D eigenvalue weighted by molar-refractivity contribution is -0.137. The fourth-order valence-electron chi connectivity index (χ4n) is 3.95. The molecular formula is C29H25F3N2O4S2. The molecule has 1 aliphatic rings. The Morgan fingerprint density at radius 3 is 2.52 bits per heavy atom. The van der Waals surface area contributed by atoms with E-state index in [0.29, 0.717) is 29.4 Å². The Morgan fingerprint density at radius 2 is 1.82 bits per heavy atom. The predicted molar refractivity (Wildman–Crippen MR) is 155 cm³/mol. The number of carbonyl (C=O) groups is 2. The van der Waals surface area contributed by atoms with Crippen molar-refractivity contribution < 1.29 is 32.2 Å². The molecule has 1 saturated heterocycles. The number of anilines is 2. The molecule has 1 N–H and O–H groups in total. The molecule has 4 rings (SSSR count). The normalized spacial score (nSPS) is 14.6. The number of ether oxygens (including phenoxy) is 2. The lowest BCUT2D eigenvalue weighted by atomic mass is 10.1. The maximum absolute atomic E-state index is 13.2. The number of thiocarbonyl (C=S) groups is 1. The first-order valence-corrected chi connectivity index (χ1v) is 13.4. The molecule has 0 aliphatic carbocycles. The summed E-state index contributed by atoms with van der Waals surface area (Å²) in [5.74, 6) is -0.164. The molecule has 1 aliphatic heterocycles. The zero-order chi connectivity index (χ0) is 29.0. The van der Waals surface area contributed by atoms with Crippen LogP contribution in [0, 0.1) is 13.8 Å². The molecule has 6 nitrogen and oxygen atoms in total. The van der Waals surface area contributed by atoms with Crippen LogP contribution >= 0.6 is 24.0 Å². The van der Waals surface area contributed by atoms with Gasteiger partial charge in [0.05, 0.1) is 22.8 Å². The minimum atomic E-state index is -4.55. The zero-order valence-electron chi connectivity index (χ0n) is 21.8. The summed E-state index contributed by atoms with van der Waals surface area (Å²) in [5.41, 5.74) is 2.47. The second-order valence-electron chi connectivity index (χ2n) is 8.86. The van der Waals surface area contributed by atoms with Crippen molar-refractivity contribution in [3.05, 3.63) is 87.8 Å². The number of nitrogens with one attached hydrogen (secondary N) is 1. The summed E-state index contributed by atoms with van der Waals surface area (Å²) in [6.07, 6.45) is -2.97. The number of nitrogens with zero attached hydrogens (tertiary/aromatic N) is 1. The number of thioether (sulfide) groups is 1. The van der Waals surface area contributed by atoms with Crippen LogP contribution in [0.1, 0.15) is 29.2 Å². The number of halogens is 3. The van der Waals surface area contributed by atoms with Gasteiger partial charge >= 0.3 is 6.18 Å². The Balaban J connectivity index is 1.49. The summed E-state index contributed by atoms with van der Waals surface area (Å²) in [7, 11) is 0. The van der Waals surface area contributed by atoms with Gasteiger partial charge in [-0.15, -0.1) is 0 Å². The predicted octanol–water partition coefficient (Wildman–Crippen LogP) is 7.14. The van der Waals surface area contributed by atoms with Crippen molar-refractivity contribution in [2.75, 3.05) is 23.4 Å². The fraction of sp³-hybridized carbons (Fsp3) is 0.207. The van der Waals surface area contributed by atoms with Gasteiger partial charge in [-0.25, -0.2) is 0 Å². The minimum Gasteiger partial charge on any atom is -0.490 e. The first kappa shape index (κ1) is 29.2. The van der Waals surface area contributed by atoms with Crippen molar-refractivity contribution >= 4 is 57.6 Å². The number of hydrogen-bond acceptors (Lipinski definition) is 6. The molecule has 3 aromatic rings. The van der Waals surface area contributed by atoms with Crippen LogP contribution in [0.25, 0.3) is 6.08 Å². The van der Waals surface area contributed by atoms with Crippen LogP contribution in [-0.4, -0.2) is 29.3 Å². The number of rotatable bonds is 8. The van der Waals surface area contributed by atoms with Gasteiger partial charge in [-0.3, -0.25) is 14.5 Å². The van der Waals surface area contributed by atoms with Crippen molar-refractivity contribution in [2.24, 2.45) is 0 Å². The van der Waals surface area contributed by atoms with Gasteiger partial charge in [0.15, 0.2) is 22.4 Å². The van der Waals surface area contributed by atoms with Crippen molar-refractivity contribution in [1.82, 2.24) is 0 Å². The molecule has 0 saturated carbocycles. The van der Waals surface area contributed by atoms with Crippen LogP contribution in [0.2, 0.25) is 0 Å². The van der Waals surface area contributed by atoms with Gasteiger partial charge in [0, 0.05) is 5.69 Å². The SMILES string of the molecule is CCOc1cc(/C=C2\SC(=S)N(c3cccc(C(F)(F)F)c3)C2=O)ccc1OCC(=O)Nc1ccc(C)cc1C. The van der Waals surface area contributed by atoms with Gasteiger partial charge in [0.25, 0.3) is 11.8 Å². The average molecular weight is 587 g/mol. The zero-order valence-corrected chi connectivity index (χ0v) is 23.4. The molecule has 0 spiro atoms. The van der Waals surface area contributed by atoms with E-state index in [4.69, 9.17) is 21.7 Å². The number of hydrogen-bond donors (Lipinski definition) is 1. The van der Waals surface area contributed by atoms with E-state index in [2.05, 4.69) is 5.32 Å². The molecule has 0 aromatic heterocycles. The Hall–Kier alpha value is -3.83. The fourth-order valence-corrected chi connectivity index (χ4v) is 5.25. The number of amides is 2. The third-order valence-corrected chi connectivity index (χ3v) is 7.11. The number of carbonyl (C=O) groups excluding carboxylic acids is 2. The molecular weight excluding hydrogens is 561 g/mol. The maximum atomic E-state index is 13.2. The van der Waals surface area contributed by atoms with Gasteiger partial charge in [0.1, 0.15) is 0 Å². The van der Waals surface area contributed by atoms with E-state index in [-0.39, 0.29) is 27.4 Å². The highest BCUT2D eigenvalue weighted by molar-refractivity contribution is 8.27. The highest BCUT2D eigenvalue weighted by Gasteiger charge is 2.36. The second-order valence-corrected chi connectivity index (χ2v) is 10.5. The van der Waals surface area contributed by atoms with Crippen LogP contribution in [0.15, 0.2) is 65.6 Å². The first-order chi connectivity index (χ1) is 19.0. The topological polar surface area (TPSA) is 67.9 Å². The summed E-state index contributed by atoms with van der Waals surface area (Å²) in [6, 6.07) is 15.1. The average Bonchev–Trinajstić information content (AvgIpc) is 3.17. The standard InChI is InChI=1S/C29H25F3N2O4S2/c1-4-37-24-13-19(9-11-23(24)38-16-26(35)33-22-10-8-17(2)12-18(22)3)14-25-27(36)34(28(39)40-25)21-7-5-6-20(15-21)29(30,31)32/h5-15H,4,16H2,1-3H3,(H,33,35)/b25-14-. The van der Waals surface area contributed by atoms with E-state index in [1.807, 2.05) is 32.0 Å². The van der Waals surface area contributed by atoms with Crippen molar-refractivity contribution in [3.8, 4) is 11.5 Å². The molecule has 40 heavy (non-hydrogen) atoms. The maximum Gasteiger partial charge on any atom is 0.416 e. The summed E-state index contributed by atoms with van der Waals surface area (Å²) < 4.78 is 51.0. The third kappa shape index (κ3) is 6.83. The Morgan fingerprint density at radius 1 is 1.05 bits per heavy atom. The Labute approximate surface area is 239 Å². The molecule has 3 aromatic carbocycles. The van der Waals surface area contributed by atoms with E-state index >= 15 is 0 Å². The van der Waals surface area contributed by atoms with Gasteiger partial charge in [-0.1, -0.05) is 53.8 Å². The lowest BCUT2D eigenvalue weighted by Crippen LogP contribution is -2.27. The van der Waals surface area contributed by atoms with Gasteiger partial charge in [-0.2, -0.15) is 13.2 Å². The molecule has 0 unspecified atom stereocenters. The molecule has 11 heteroatoms. The lowest BCUT2D eigenvalue weighted by Gasteiger charge is -2.16. The highest BCUT2D eigenvalue weighted by Crippen LogP contribution is 2.39. The van der Waals surface area contributed by atoms with E-state index in [1.165, 1.54) is 12.1 Å². The van der Waals surface area contributed by atoms with Crippen molar-refractivity contribution in [1.29, 1.82) is 0 Å². The van der Waals surface area contributed by atoms with Crippen LogP contribution in [0.5, 0.6) is 11.5 Å². The molecule has 2 amide bonds. The molecule has 0 atom stereocenters. The van der Waals surface area contributed by atoms with Gasteiger partial charge in [0.2, 0.25) is 0 Å². The molecule has 0 bridgehead atoms. The molecule has 0 radical (unpaired) electrons. The van der Waals surface area contributed by atoms with E-state index in [9.17, 15) is 22.8 Å². The number of alkyl halides is 3. The molecule has 208 valence electrons. The van der Waals surface area contributed by atoms with E-state index in [1.54, 1.807) is 31.2 Å². The Kier molecular flexibility index (Phi) is 8.85. The second kappa shape index (κ2) is 12.1. The Bertz CT molecular complexity index is 1500. The number of aryl methyl sites for hydroxylation is 2. The summed E-state index contributed by atoms with van der Waals surface area (Å²) in [6.45, 7) is 5.75. The largest absolute Gasteiger partial charge is 0.490 e. The summed E-state index contributed by atoms with van der Waals surface area (Å²) >= 11 is 6.29. The summed E-state index contributed by atoms with van der Waals surface area (Å²) in [5, 5.41) is 2.82. The quantitative estimate of drug-likeness (QED) is 0.224. The number of benzene rings is 3. The molecule has 1 fully saturated rings. The van der Waals surface area contributed by atoms with Crippen LogP contribution < -0.4 is 19.7 Å². The third-order valence-electron chi connectivity index (χ3n) is 5.81. The smallest absolute Gasteiger partial charge is 0.416 e. The van der Waals surface area contributed by atoms with Gasteiger partial charge < -0.3 is 14.8 Å². The first-order valence-electron chi connectivity index (χ1n) is 12.2. The van der Waals surface area contributed by atoms with Crippen molar-refractivity contribution in [2.45, 2.75) is 26.9 Å². The minimum absolute atomic E-state index is 0.0404.